The number of carbonyl (C=O) groups is 2. The number of amides is 2. The summed E-state index contributed by atoms with van der Waals surface area (Å²) < 4.78 is 16.1. The third-order valence-electron chi connectivity index (χ3n) is 4.94. The van der Waals surface area contributed by atoms with Crippen molar-refractivity contribution in [3.63, 3.8) is 0 Å². The summed E-state index contributed by atoms with van der Waals surface area (Å²) in [5.41, 5.74) is 1.57. The summed E-state index contributed by atoms with van der Waals surface area (Å²) in [7, 11) is 3.24. The number of ether oxygens (including phenoxy) is 3. The summed E-state index contributed by atoms with van der Waals surface area (Å²) >= 11 is 0. The minimum absolute atomic E-state index is 0.245. The molecule has 0 saturated heterocycles. The Hall–Kier alpha value is -2.38. The first-order chi connectivity index (χ1) is 14.6. The Bertz CT molecular complexity index is 722. The van der Waals surface area contributed by atoms with Gasteiger partial charge in [-0.2, -0.15) is 0 Å². The number of benzene rings is 1. The fourth-order valence-electron chi connectivity index (χ4n) is 3.31. The van der Waals surface area contributed by atoms with E-state index in [1.165, 1.54) is 4.90 Å². The predicted molar refractivity (Wildman–Crippen MR) is 116 cm³/mol. The van der Waals surface area contributed by atoms with E-state index in [-0.39, 0.29) is 11.8 Å². The molecule has 0 bridgehead atoms. The van der Waals surface area contributed by atoms with Crippen LogP contribution in [0.15, 0.2) is 30.0 Å². The van der Waals surface area contributed by atoms with Gasteiger partial charge in [-0.1, -0.05) is 32.4 Å². The van der Waals surface area contributed by atoms with Crippen molar-refractivity contribution in [3.8, 4) is 5.75 Å². The Balaban J connectivity index is 2.44. The zero-order valence-electron chi connectivity index (χ0n) is 18.6. The van der Waals surface area contributed by atoms with Gasteiger partial charge in [0.15, 0.2) is 0 Å². The quantitative estimate of drug-likeness (QED) is 0.433. The number of methoxy groups -OCH3 is 2. The normalized spacial score (nSPS) is 14.1. The van der Waals surface area contributed by atoms with E-state index in [1.54, 1.807) is 14.2 Å². The Morgan fingerprint density at radius 2 is 1.50 bits per heavy atom. The van der Waals surface area contributed by atoms with E-state index in [1.807, 2.05) is 43.0 Å². The number of imide groups is 1. The Labute approximate surface area is 179 Å². The van der Waals surface area contributed by atoms with Gasteiger partial charge in [-0.3, -0.25) is 14.5 Å². The molecule has 0 unspecified atom stereocenters. The zero-order chi connectivity index (χ0) is 21.9. The molecule has 2 rings (SSSR count). The summed E-state index contributed by atoms with van der Waals surface area (Å²) in [5, 5.41) is 0. The van der Waals surface area contributed by atoms with Crippen molar-refractivity contribution in [1.29, 1.82) is 0 Å². The van der Waals surface area contributed by atoms with Crippen LogP contribution in [-0.4, -0.2) is 75.3 Å². The van der Waals surface area contributed by atoms with Crippen LogP contribution in [0.25, 0.3) is 5.57 Å². The maximum atomic E-state index is 13.3. The molecule has 0 aromatic heterocycles. The molecular weight excluding hydrogens is 384 g/mol. The van der Waals surface area contributed by atoms with Crippen LogP contribution < -0.4 is 4.74 Å². The molecule has 1 aliphatic heterocycles. The molecule has 1 aromatic carbocycles. The highest BCUT2D eigenvalue weighted by Crippen LogP contribution is 2.32. The number of carbonyl (C=O) groups excluding carboxylic acids is 2. The van der Waals surface area contributed by atoms with Crippen LogP contribution in [0.5, 0.6) is 5.75 Å². The molecule has 0 N–H and O–H groups in total. The summed E-state index contributed by atoms with van der Waals surface area (Å²) in [4.78, 5) is 29.8. The van der Waals surface area contributed by atoms with Crippen molar-refractivity contribution in [3.05, 3.63) is 35.5 Å². The second kappa shape index (κ2) is 12.3. The van der Waals surface area contributed by atoms with Crippen LogP contribution in [0, 0.1) is 0 Å². The SMILES string of the molecule is CCCCN1C(=O)C(c2ccc(OCCC)cc2)=C(N(CCOC)CCOC)C1=O. The fourth-order valence-corrected chi connectivity index (χ4v) is 3.31. The van der Waals surface area contributed by atoms with Crippen molar-refractivity contribution in [2.45, 2.75) is 33.1 Å². The molecule has 7 heteroatoms. The topological polar surface area (TPSA) is 68.3 Å². The van der Waals surface area contributed by atoms with E-state index < -0.39 is 0 Å². The molecule has 0 fully saturated rings. The first-order valence-corrected chi connectivity index (χ1v) is 10.6. The van der Waals surface area contributed by atoms with Gasteiger partial charge in [0.1, 0.15) is 11.4 Å². The molecule has 7 nitrogen and oxygen atoms in total. The molecule has 2 amide bonds. The largest absolute Gasteiger partial charge is 0.494 e. The van der Waals surface area contributed by atoms with E-state index in [9.17, 15) is 9.59 Å². The smallest absolute Gasteiger partial charge is 0.277 e. The second-order valence-electron chi connectivity index (χ2n) is 7.18. The lowest BCUT2D eigenvalue weighted by Gasteiger charge is -2.25. The lowest BCUT2D eigenvalue weighted by molar-refractivity contribution is -0.137. The number of unbranched alkanes of at least 4 members (excludes halogenated alkanes) is 1. The van der Waals surface area contributed by atoms with Gasteiger partial charge < -0.3 is 19.1 Å². The van der Waals surface area contributed by atoms with E-state index in [0.717, 1.165) is 25.0 Å². The van der Waals surface area contributed by atoms with Crippen molar-refractivity contribution in [2.24, 2.45) is 0 Å². The lowest BCUT2D eigenvalue weighted by Crippen LogP contribution is -2.38. The van der Waals surface area contributed by atoms with Gasteiger partial charge >= 0.3 is 0 Å². The number of nitrogens with zero attached hydrogens (tertiary/aromatic N) is 2. The first-order valence-electron chi connectivity index (χ1n) is 10.6. The van der Waals surface area contributed by atoms with Crippen LogP contribution in [0.3, 0.4) is 0 Å². The van der Waals surface area contributed by atoms with Crippen LogP contribution in [0.1, 0.15) is 38.7 Å². The molecule has 0 saturated carbocycles. The first kappa shape index (κ1) is 23.9. The molecular formula is C23H34N2O5. The molecule has 0 atom stereocenters. The van der Waals surface area contributed by atoms with Crippen LogP contribution in [-0.2, 0) is 19.1 Å². The molecule has 1 aromatic rings. The summed E-state index contributed by atoms with van der Waals surface area (Å²) in [6, 6.07) is 7.38. The predicted octanol–water partition coefficient (Wildman–Crippen LogP) is 2.95. The van der Waals surface area contributed by atoms with E-state index >= 15 is 0 Å². The van der Waals surface area contributed by atoms with Gasteiger partial charge in [0.25, 0.3) is 11.8 Å². The Morgan fingerprint density at radius 3 is 2.03 bits per heavy atom. The zero-order valence-corrected chi connectivity index (χ0v) is 18.6. The Kier molecular flexibility index (Phi) is 9.83. The van der Waals surface area contributed by atoms with E-state index in [0.29, 0.717) is 56.3 Å². The van der Waals surface area contributed by atoms with Crippen molar-refractivity contribution >= 4 is 17.4 Å². The minimum Gasteiger partial charge on any atom is -0.494 e. The Morgan fingerprint density at radius 1 is 0.867 bits per heavy atom. The maximum Gasteiger partial charge on any atom is 0.277 e. The monoisotopic (exact) mass is 418 g/mol. The lowest BCUT2D eigenvalue weighted by atomic mass is 10.0. The van der Waals surface area contributed by atoms with Crippen LogP contribution >= 0.6 is 0 Å². The maximum absolute atomic E-state index is 13.3. The molecule has 166 valence electrons. The molecule has 0 spiro atoms. The highest BCUT2D eigenvalue weighted by Gasteiger charge is 2.41. The molecule has 0 aliphatic carbocycles. The van der Waals surface area contributed by atoms with Crippen LogP contribution in [0.2, 0.25) is 0 Å². The third kappa shape index (κ3) is 5.83. The fraction of sp³-hybridized carbons (Fsp3) is 0.565. The average Bonchev–Trinajstić information content (AvgIpc) is 3.01. The van der Waals surface area contributed by atoms with E-state index in [4.69, 9.17) is 14.2 Å². The average molecular weight is 419 g/mol. The summed E-state index contributed by atoms with van der Waals surface area (Å²) in [5.74, 6) is 0.255. The second-order valence-corrected chi connectivity index (χ2v) is 7.18. The minimum atomic E-state index is -0.248. The summed E-state index contributed by atoms with van der Waals surface area (Å²) in [6.07, 6.45) is 2.60. The van der Waals surface area contributed by atoms with Crippen molar-refractivity contribution in [1.82, 2.24) is 9.80 Å². The number of rotatable bonds is 14. The van der Waals surface area contributed by atoms with Crippen molar-refractivity contribution in [2.75, 3.05) is 53.7 Å². The standard InChI is InChI=1S/C23H34N2O5/c1-5-7-12-25-22(26)20(18-8-10-19(11-9-18)30-15-6-2)21(23(25)27)24(13-16-28-3)14-17-29-4/h8-11H,5-7,12-17H2,1-4H3. The number of hydrogen-bond donors (Lipinski definition) is 0. The van der Waals surface area contributed by atoms with Gasteiger partial charge in [0.2, 0.25) is 0 Å². The van der Waals surface area contributed by atoms with Gasteiger partial charge in [0, 0.05) is 33.9 Å². The van der Waals surface area contributed by atoms with Gasteiger partial charge in [0.05, 0.1) is 25.4 Å². The van der Waals surface area contributed by atoms with Crippen LogP contribution in [0.4, 0.5) is 0 Å². The number of hydrogen-bond acceptors (Lipinski definition) is 6. The highest BCUT2D eigenvalue weighted by molar-refractivity contribution is 6.35. The molecule has 1 aliphatic rings. The van der Waals surface area contributed by atoms with Crippen molar-refractivity contribution < 1.29 is 23.8 Å². The highest BCUT2D eigenvalue weighted by atomic mass is 16.5. The molecule has 1 heterocycles. The van der Waals surface area contributed by atoms with Gasteiger partial charge in [-0.05, 0) is 30.5 Å². The van der Waals surface area contributed by atoms with Gasteiger partial charge in [-0.15, -0.1) is 0 Å². The summed E-state index contributed by atoms with van der Waals surface area (Å²) in [6.45, 7) is 7.03. The third-order valence-corrected chi connectivity index (χ3v) is 4.94. The molecule has 0 radical (unpaired) electrons. The van der Waals surface area contributed by atoms with Gasteiger partial charge in [-0.25, -0.2) is 0 Å². The van der Waals surface area contributed by atoms with E-state index in [2.05, 4.69) is 0 Å². The molecule has 30 heavy (non-hydrogen) atoms.